The molecule has 1 aromatic carbocycles. The molecule has 0 amide bonds. The molecule has 5 heteroatoms. The van der Waals surface area contributed by atoms with Crippen molar-refractivity contribution < 1.29 is 13.2 Å². The van der Waals surface area contributed by atoms with Crippen molar-refractivity contribution in [3.05, 3.63) is 35.9 Å². The molecule has 0 fully saturated rings. The van der Waals surface area contributed by atoms with Gasteiger partial charge in [-0.05, 0) is 5.56 Å². The van der Waals surface area contributed by atoms with Gasteiger partial charge in [0.25, 0.3) is 0 Å². The number of benzene rings is 1. The zero-order chi connectivity index (χ0) is 10.6. The zero-order valence-corrected chi connectivity index (χ0v) is 8.70. The van der Waals surface area contributed by atoms with Gasteiger partial charge in [-0.2, -0.15) is 0 Å². The number of rotatable bonds is 4. The highest BCUT2D eigenvalue weighted by atomic mass is 32.2. The molecule has 0 bridgehead atoms. The zero-order valence-electron chi connectivity index (χ0n) is 7.88. The lowest BCUT2D eigenvalue weighted by Crippen LogP contribution is -2.25. The normalized spacial score (nSPS) is 13.9. The summed E-state index contributed by atoms with van der Waals surface area (Å²) in [6.45, 7) is 0.0723. The van der Waals surface area contributed by atoms with Crippen LogP contribution in [0.5, 0.6) is 0 Å². The lowest BCUT2D eigenvalue weighted by molar-refractivity contribution is 0.197. The van der Waals surface area contributed by atoms with Gasteiger partial charge in [0, 0.05) is 7.11 Å². The van der Waals surface area contributed by atoms with Crippen LogP contribution in [0.2, 0.25) is 0 Å². The number of sulfonamides is 1. The first-order valence-corrected chi connectivity index (χ1v) is 5.72. The largest absolute Gasteiger partial charge is 0.383 e. The minimum atomic E-state index is -3.61. The Labute approximate surface area is 83.7 Å². The van der Waals surface area contributed by atoms with Gasteiger partial charge in [-0.15, -0.1) is 0 Å². The molecule has 1 unspecified atom stereocenters. The van der Waals surface area contributed by atoms with Crippen LogP contribution < -0.4 is 5.14 Å². The van der Waals surface area contributed by atoms with E-state index in [1.165, 1.54) is 7.11 Å². The molecule has 4 nitrogen and oxygen atoms in total. The average molecular weight is 215 g/mol. The Morgan fingerprint density at radius 2 is 1.93 bits per heavy atom. The SMILES string of the molecule is COCC(c1ccccc1)S(N)(=O)=O. The fraction of sp³-hybridized carbons (Fsp3) is 0.333. The highest BCUT2D eigenvalue weighted by Gasteiger charge is 2.22. The molecule has 0 aliphatic carbocycles. The minimum Gasteiger partial charge on any atom is -0.383 e. The Hall–Kier alpha value is -0.910. The van der Waals surface area contributed by atoms with Gasteiger partial charge in [0.1, 0.15) is 5.25 Å². The van der Waals surface area contributed by atoms with Crippen LogP contribution in [0.4, 0.5) is 0 Å². The summed E-state index contributed by atoms with van der Waals surface area (Å²) >= 11 is 0. The smallest absolute Gasteiger partial charge is 0.218 e. The van der Waals surface area contributed by atoms with Gasteiger partial charge in [-0.1, -0.05) is 30.3 Å². The summed E-state index contributed by atoms with van der Waals surface area (Å²) in [7, 11) is -2.16. The van der Waals surface area contributed by atoms with E-state index >= 15 is 0 Å². The molecule has 0 aromatic heterocycles. The summed E-state index contributed by atoms with van der Waals surface area (Å²) in [5, 5.41) is 4.31. The minimum absolute atomic E-state index is 0.0723. The first-order chi connectivity index (χ1) is 6.55. The van der Waals surface area contributed by atoms with E-state index in [1.807, 2.05) is 6.07 Å². The lowest BCUT2D eigenvalue weighted by atomic mass is 10.1. The molecular formula is C9H13NO3S. The van der Waals surface area contributed by atoms with Crippen molar-refractivity contribution in [2.24, 2.45) is 5.14 Å². The van der Waals surface area contributed by atoms with E-state index in [1.54, 1.807) is 24.3 Å². The molecule has 0 radical (unpaired) electrons. The predicted molar refractivity (Wildman–Crippen MR) is 54.2 cm³/mol. The second kappa shape index (κ2) is 4.54. The third kappa shape index (κ3) is 2.80. The Bertz CT molecular complexity index is 374. The maximum Gasteiger partial charge on any atom is 0.218 e. The fourth-order valence-corrected chi connectivity index (χ4v) is 2.06. The maximum atomic E-state index is 11.2. The van der Waals surface area contributed by atoms with E-state index in [0.717, 1.165) is 0 Å². The number of primary sulfonamides is 1. The number of hydrogen-bond acceptors (Lipinski definition) is 3. The third-order valence-corrected chi connectivity index (χ3v) is 3.09. The Morgan fingerprint density at radius 1 is 1.36 bits per heavy atom. The van der Waals surface area contributed by atoms with Crippen LogP contribution in [0.25, 0.3) is 0 Å². The van der Waals surface area contributed by atoms with Crippen molar-refractivity contribution in [2.75, 3.05) is 13.7 Å². The number of methoxy groups -OCH3 is 1. The van der Waals surface area contributed by atoms with Crippen molar-refractivity contribution in [3.63, 3.8) is 0 Å². The first-order valence-electron chi connectivity index (χ1n) is 4.11. The molecule has 1 aromatic rings. The van der Waals surface area contributed by atoms with E-state index < -0.39 is 15.3 Å². The van der Waals surface area contributed by atoms with E-state index in [4.69, 9.17) is 9.88 Å². The molecule has 0 aliphatic rings. The van der Waals surface area contributed by atoms with Crippen molar-refractivity contribution in [3.8, 4) is 0 Å². The van der Waals surface area contributed by atoms with Gasteiger partial charge in [0.2, 0.25) is 10.0 Å². The van der Waals surface area contributed by atoms with E-state index in [2.05, 4.69) is 0 Å². The molecule has 2 N–H and O–H groups in total. The molecule has 78 valence electrons. The standard InChI is InChI=1S/C9H13NO3S/c1-13-7-9(14(10,11)12)8-5-3-2-4-6-8/h2-6,9H,7H2,1H3,(H2,10,11,12). The Morgan fingerprint density at radius 3 is 2.36 bits per heavy atom. The first kappa shape index (κ1) is 11.2. The number of ether oxygens (including phenoxy) is 1. The molecule has 0 saturated heterocycles. The molecule has 0 spiro atoms. The highest BCUT2D eigenvalue weighted by Crippen LogP contribution is 2.19. The van der Waals surface area contributed by atoms with E-state index in [0.29, 0.717) is 5.56 Å². The summed E-state index contributed by atoms with van der Waals surface area (Å²) in [4.78, 5) is 0. The van der Waals surface area contributed by atoms with Gasteiger partial charge in [-0.25, -0.2) is 13.6 Å². The van der Waals surface area contributed by atoms with Crippen molar-refractivity contribution in [1.82, 2.24) is 0 Å². The van der Waals surface area contributed by atoms with E-state index in [9.17, 15) is 8.42 Å². The molecule has 1 rings (SSSR count). The molecule has 0 aliphatic heterocycles. The van der Waals surface area contributed by atoms with Crippen molar-refractivity contribution in [2.45, 2.75) is 5.25 Å². The monoisotopic (exact) mass is 215 g/mol. The Kier molecular flexibility index (Phi) is 3.62. The summed E-state index contributed by atoms with van der Waals surface area (Å²) in [6.07, 6.45) is 0. The summed E-state index contributed by atoms with van der Waals surface area (Å²) in [5.74, 6) is 0. The van der Waals surface area contributed by atoms with Crippen LogP contribution >= 0.6 is 0 Å². The summed E-state index contributed by atoms with van der Waals surface area (Å²) in [6, 6.07) is 8.78. The second-order valence-electron chi connectivity index (χ2n) is 2.94. The quantitative estimate of drug-likeness (QED) is 0.802. The third-order valence-electron chi connectivity index (χ3n) is 1.89. The maximum absolute atomic E-state index is 11.2. The predicted octanol–water partition coefficient (Wildman–Crippen LogP) is 0.663. The van der Waals surface area contributed by atoms with Crippen LogP contribution in [0.1, 0.15) is 10.8 Å². The molecule has 0 heterocycles. The molecular weight excluding hydrogens is 202 g/mol. The van der Waals surface area contributed by atoms with Gasteiger partial charge in [-0.3, -0.25) is 0 Å². The Balaban J connectivity index is 3.02. The summed E-state index contributed by atoms with van der Waals surface area (Å²) in [5.41, 5.74) is 0.650. The van der Waals surface area contributed by atoms with Crippen LogP contribution in [-0.4, -0.2) is 22.1 Å². The van der Waals surface area contributed by atoms with Crippen molar-refractivity contribution in [1.29, 1.82) is 0 Å². The molecule has 1 atom stereocenters. The molecule has 14 heavy (non-hydrogen) atoms. The average Bonchev–Trinajstić information content (AvgIpc) is 2.14. The van der Waals surface area contributed by atoms with Gasteiger partial charge in [0.15, 0.2) is 0 Å². The summed E-state index contributed by atoms with van der Waals surface area (Å²) < 4.78 is 27.3. The van der Waals surface area contributed by atoms with Crippen LogP contribution in [0, 0.1) is 0 Å². The van der Waals surface area contributed by atoms with Crippen molar-refractivity contribution >= 4 is 10.0 Å². The number of nitrogens with two attached hydrogens (primary N) is 1. The number of hydrogen-bond donors (Lipinski definition) is 1. The van der Waals surface area contributed by atoms with Crippen LogP contribution in [0.15, 0.2) is 30.3 Å². The highest BCUT2D eigenvalue weighted by molar-refractivity contribution is 7.89. The second-order valence-corrected chi connectivity index (χ2v) is 4.69. The van der Waals surface area contributed by atoms with Gasteiger partial charge in [0.05, 0.1) is 6.61 Å². The van der Waals surface area contributed by atoms with Crippen LogP contribution in [0.3, 0.4) is 0 Å². The van der Waals surface area contributed by atoms with Gasteiger partial charge < -0.3 is 4.74 Å². The topological polar surface area (TPSA) is 69.4 Å². The molecule has 0 saturated carbocycles. The van der Waals surface area contributed by atoms with E-state index in [-0.39, 0.29) is 6.61 Å². The lowest BCUT2D eigenvalue weighted by Gasteiger charge is -2.13. The fourth-order valence-electron chi connectivity index (χ4n) is 1.20. The van der Waals surface area contributed by atoms with Gasteiger partial charge >= 0.3 is 0 Å². The van der Waals surface area contributed by atoms with Crippen LogP contribution in [-0.2, 0) is 14.8 Å².